The van der Waals surface area contributed by atoms with Crippen molar-refractivity contribution in [1.29, 1.82) is 0 Å². The molecular formula is C25H26N4O6S. The molecule has 1 amide bonds. The summed E-state index contributed by atoms with van der Waals surface area (Å²) >= 11 is 0. The Hall–Kier alpha value is -4.25. The number of amides is 1. The van der Waals surface area contributed by atoms with Crippen LogP contribution in [-0.2, 0) is 24.1 Å². The second kappa shape index (κ2) is 9.78. The van der Waals surface area contributed by atoms with Crippen molar-refractivity contribution in [2.45, 2.75) is 18.2 Å². The number of carbonyl (C=O) groups is 1. The van der Waals surface area contributed by atoms with Crippen LogP contribution in [0.15, 0.2) is 70.4 Å². The molecule has 0 fully saturated rings. The van der Waals surface area contributed by atoms with Crippen molar-refractivity contribution in [2.75, 3.05) is 11.3 Å². The van der Waals surface area contributed by atoms with E-state index in [-0.39, 0.29) is 27.6 Å². The standard InChI is InChI=1S/C25H26N4O6S/c1-4-11-34-17-8-6-9-18(13-17)35-23-15-22-21(28(2)25(31)29(22)3)14-20(23)27-36(32,33)19-10-5-7-16(12-19)24(26)30/h5-10,12-15,27H,4,11H2,1-3H3,(H2,26,30). The average molecular weight is 511 g/mol. The lowest BCUT2D eigenvalue weighted by Crippen LogP contribution is -2.19. The normalized spacial score (nSPS) is 11.4. The summed E-state index contributed by atoms with van der Waals surface area (Å²) in [6.07, 6.45) is 0.840. The van der Waals surface area contributed by atoms with E-state index in [4.69, 9.17) is 15.2 Å². The summed E-state index contributed by atoms with van der Waals surface area (Å²) in [5, 5.41) is 0. The highest BCUT2D eigenvalue weighted by Gasteiger charge is 2.21. The van der Waals surface area contributed by atoms with Crippen molar-refractivity contribution in [3.63, 3.8) is 0 Å². The molecule has 0 aliphatic rings. The van der Waals surface area contributed by atoms with Crippen molar-refractivity contribution in [1.82, 2.24) is 9.13 Å². The number of imidazole rings is 1. The van der Waals surface area contributed by atoms with Crippen LogP contribution in [0.1, 0.15) is 23.7 Å². The molecule has 4 aromatic rings. The Morgan fingerprint density at radius 1 is 0.972 bits per heavy atom. The first-order valence-electron chi connectivity index (χ1n) is 11.1. The lowest BCUT2D eigenvalue weighted by atomic mass is 10.2. The molecule has 10 nitrogen and oxygen atoms in total. The third kappa shape index (κ3) is 4.91. The minimum atomic E-state index is -4.15. The predicted octanol–water partition coefficient (Wildman–Crippen LogP) is 3.36. The molecule has 0 radical (unpaired) electrons. The molecule has 11 heteroatoms. The van der Waals surface area contributed by atoms with Gasteiger partial charge in [0.2, 0.25) is 5.91 Å². The maximum atomic E-state index is 13.2. The van der Waals surface area contributed by atoms with Crippen molar-refractivity contribution in [3.8, 4) is 17.2 Å². The van der Waals surface area contributed by atoms with Gasteiger partial charge in [-0.05, 0) is 42.8 Å². The first-order chi connectivity index (χ1) is 17.1. The Morgan fingerprint density at radius 3 is 2.33 bits per heavy atom. The monoisotopic (exact) mass is 510 g/mol. The van der Waals surface area contributed by atoms with Gasteiger partial charge in [0, 0.05) is 31.8 Å². The molecule has 0 aliphatic carbocycles. The van der Waals surface area contributed by atoms with E-state index in [9.17, 15) is 18.0 Å². The molecule has 3 N–H and O–H groups in total. The molecule has 0 aliphatic heterocycles. The number of nitrogens with zero attached hydrogens (tertiary/aromatic N) is 2. The molecule has 0 bridgehead atoms. The van der Waals surface area contributed by atoms with Crippen molar-refractivity contribution in [2.24, 2.45) is 19.8 Å². The number of primary amides is 1. The van der Waals surface area contributed by atoms with Gasteiger partial charge >= 0.3 is 5.69 Å². The third-order valence-electron chi connectivity index (χ3n) is 5.55. The van der Waals surface area contributed by atoms with Crippen LogP contribution in [0, 0.1) is 0 Å². The number of benzene rings is 3. The number of nitrogens with two attached hydrogens (primary N) is 1. The molecule has 36 heavy (non-hydrogen) atoms. The summed E-state index contributed by atoms with van der Waals surface area (Å²) in [5.74, 6) is 0.445. The van der Waals surface area contributed by atoms with Crippen LogP contribution < -0.4 is 25.6 Å². The summed E-state index contributed by atoms with van der Waals surface area (Å²) < 4.78 is 43.6. The fourth-order valence-corrected chi connectivity index (χ4v) is 4.79. The average Bonchev–Trinajstić information content (AvgIpc) is 3.06. The van der Waals surface area contributed by atoms with Gasteiger partial charge in [0.05, 0.1) is 28.2 Å². The maximum absolute atomic E-state index is 13.2. The van der Waals surface area contributed by atoms with Crippen LogP contribution in [0.4, 0.5) is 5.69 Å². The fourth-order valence-electron chi connectivity index (χ4n) is 3.68. The van der Waals surface area contributed by atoms with Crippen LogP contribution in [-0.4, -0.2) is 30.1 Å². The fraction of sp³-hybridized carbons (Fsp3) is 0.200. The number of sulfonamides is 1. The molecule has 0 unspecified atom stereocenters. The highest BCUT2D eigenvalue weighted by molar-refractivity contribution is 7.92. The minimum absolute atomic E-state index is 0.0548. The molecule has 0 saturated heterocycles. The largest absolute Gasteiger partial charge is 0.493 e. The number of fused-ring (bicyclic) bond motifs is 1. The lowest BCUT2D eigenvalue weighted by Gasteiger charge is -2.15. The summed E-state index contributed by atoms with van der Waals surface area (Å²) in [5.41, 5.74) is 6.24. The van der Waals surface area contributed by atoms with Gasteiger partial charge in [-0.3, -0.25) is 18.7 Å². The van der Waals surface area contributed by atoms with Gasteiger partial charge in [-0.15, -0.1) is 0 Å². The van der Waals surface area contributed by atoms with E-state index in [1.54, 1.807) is 44.4 Å². The van der Waals surface area contributed by atoms with Gasteiger partial charge in [0.1, 0.15) is 11.5 Å². The Morgan fingerprint density at radius 2 is 1.64 bits per heavy atom. The van der Waals surface area contributed by atoms with Crippen LogP contribution in [0.2, 0.25) is 0 Å². The lowest BCUT2D eigenvalue weighted by molar-refractivity contribution is 0.1000. The van der Waals surface area contributed by atoms with E-state index in [2.05, 4.69) is 4.72 Å². The number of ether oxygens (including phenoxy) is 2. The number of aromatic nitrogens is 2. The molecule has 4 rings (SSSR count). The number of rotatable bonds is 9. The van der Waals surface area contributed by atoms with Gasteiger partial charge in [0.25, 0.3) is 10.0 Å². The molecular weight excluding hydrogens is 484 g/mol. The summed E-state index contributed by atoms with van der Waals surface area (Å²) in [7, 11) is -0.936. The minimum Gasteiger partial charge on any atom is -0.493 e. The first kappa shape index (κ1) is 24.9. The third-order valence-corrected chi connectivity index (χ3v) is 6.92. The number of anilines is 1. The maximum Gasteiger partial charge on any atom is 0.328 e. The Bertz CT molecular complexity index is 1620. The highest BCUT2D eigenvalue weighted by Crippen LogP contribution is 2.36. The Labute approximate surface area is 207 Å². The van der Waals surface area contributed by atoms with E-state index in [0.717, 1.165) is 6.42 Å². The predicted molar refractivity (Wildman–Crippen MR) is 136 cm³/mol. The molecule has 0 spiro atoms. The zero-order chi connectivity index (χ0) is 26.0. The highest BCUT2D eigenvalue weighted by atomic mass is 32.2. The number of nitrogens with one attached hydrogen (secondary N) is 1. The number of hydrogen-bond donors (Lipinski definition) is 2. The summed E-state index contributed by atoms with van der Waals surface area (Å²) in [6, 6.07) is 15.5. The molecule has 3 aromatic carbocycles. The van der Waals surface area contributed by atoms with Gasteiger partial charge < -0.3 is 15.2 Å². The van der Waals surface area contributed by atoms with Gasteiger partial charge in [-0.25, -0.2) is 13.2 Å². The van der Waals surface area contributed by atoms with Crippen LogP contribution in [0.5, 0.6) is 17.2 Å². The van der Waals surface area contributed by atoms with E-state index in [1.807, 2.05) is 6.92 Å². The van der Waals surface area contributed by atoms with Gasteiger partial charge in [0.15, 0.2) is 5.75 Å². The van der Waals surface area contributed by atoms with Crippen LogP contribution in [0.25, 0.3) is 11.0 Å². The summed E-state index contributed by atoms with van der Waals surface area (Å²) in [6.45, 7) is 2.54. The zero-order valence-electron chi connectivity index (χ0n) is 20.0. The molecule has 188 valence electrons. The van der Waals surface area contributed by atoms with Crippen molar-refractivity contribution >= 4 is 32.7 Å². The number of hydrogen-bond acceptors (Lipinski definition) is 6. The molecule has 1 aromatic heterocycles. The molecule has 0 atom stereocenters. The number of aryl methyl sites for hydroxylation is 2. The number of carbonyl (C=O) groups excluding carboxylic acids is 1. The summed E-state index contributed by atoms with van der Waals surface area (Å²) in [4.78, 5) is 23.9. The Balaban J connectivity index is 1.80. The van der Waals surface area contributed by atoms with E-state index in [1.165, 1.54) is 39.5 Å². The second-order valence-electron chi connectivity index (χ2n) is 8.16. The Kier molecular flexibility index (Phi) is 6.75. The first-order valence-corrected chi connectivity index (χ1v) is 12.6. The quantitative estimate of drug-likeness (QED) is 0.355. The van der Waals surface area contributed by atoms with E-state index < -0.39 is 15.9 Å². The molecule has 1 heterocycles. The second-order valence-corrected chi connectivity index (χ2v) is 9.84. The van der Waals surface area contributed by atoms with Crippen molar-refractivity contribution in [3.05, 3.63) is 76.7 Å². The van der Waals surface area contributed by atoms with Gasteiger partial charge in [-0.1, -0.05) is 19.1 Å². The van der Waals surface area contributed by atoms with E-state index >= 15 is 0 Å². The SMILES string of the molecule is CCCOc1cccc(Oc2cc3c(cc2NS(=O)(=O)c2cccc(C(N)=O)c2)n(C)c(=O)n3C)c1. The van der Waals surface area contributed by atoms with E-state index in [0.29, 0.717) is 29.1 Å². The van der Waals surface area contributed by atoms with Crippen molar-refractivity contribution < 1.29 is 22.7 Å². The smallest absolute Gasteiger partial charge is 0.328 e. The van der Waals surface area contributed by atoms with Crippen LogP contribution >= 0.6 is 0 Å². The van der Waals surface area contributed by atoms with Crippen LogP contribution in [0.3, 0.4) is 0 Å². The zero-order valence-corrected chi connectivity index (χ0v) is 20.8. The topological polar surface area (TPSA) is 135 Å². The molecule has 0 saturated carbocycles. The van der Waals surface area contributed by atoms with Gasteiger partial charge in [-0.2, -0.15) is 0 Å².